The van der Waals surface area contributed by atoms with Crippen LogP contribution in [0.4, 0.5) is 0 Å². The van der Waals surface area contributed by atoms with E-state index in [2.05, 4.69) is 12.2 Å². The van der Waals surface area contributed by atoms with E-state index >= 15 is 0 Å². The summed E-state index contributed by atoms with van der Waals surface area (Å²) in [4.78, 5) is 1.99. The zero-order valence-electron chi connectivity index (χ0n) is 5.81. The number of rotatable bonds is 3. The van der Waals surface area contributed by atoms with Crippen LogP contribution in [0, 0.1) is 0 Å². The van der Waals surface area contributed by atoms with E-state index in [0.717, 1.165) is 6.54 Å². The van der Waals surface area contributed by atoms with Gasteiger partial charge in [0.1, 0.15) is 0 Å². The van der Waals surface area contributed by atoms with Gasteiger partial charge in [-0.15, -0.1) is 0 Å². The summed E-state index contributed by atoms with van der Waals surface area (Å²) in [7, 11) is 3.99. The van der Waals surface area contributed by atoms with Crippen molar-refractivity contribution in [1.82, 2.24) is 10.2 Å². The highest BCUT2D eigenvalue weighted by molar-refractivity contribution is 4.75. The van der Waals surface area contributed by atoms with Crippen LogP contribution in [0.25, 0.3) is 0 Å². The second-order valence-electron chi connectivity index (χ2n) is 1.84. The first-order valence-corrected chi connectivity index (χ1v) is 2.84. The quantitative estimate of drug-likeness (QED) is 0.579. The molecule has 2 nitrogen and oxygen atoms in total. The van der Waals surface area contributed by atoms with Crippen LogP contribution in [0.5, 0.6) is 0 Å². The van der Waals surface area contributed by atoms with Gasteiger partial charge in [-0.1, -0.05) is 0 Å². The SMILES string of the molecule is CCNC=CN(C)C. The minimum Gasteiger partial charge on any atom is -0.390 e. The molecule has 0 saturated heterocycles. The van der Waals surface area contributed by atoms with Crippen LogP contribution in [-0.4, -0.2) is 25.5 Å². The molecule has 0 aromatic carbocycles. The van der Waals surface area contributed by atoms with Crippen molar-refractivity contribution < 1.29 is 0 Å². The third kappa shape index (κ3) is 5.34. The Hall–Kier alpha value is -0.660. The monoisotopic (exact) mass is 114 g/mol. The van der Waals surface area contributed by atoms with Crippen molar-refractivity contribution in [2.24, 2.45) is 0 Å². The van der Waals surface area contributed by atoms with Crippen molar-refractivity contribution in [1.29, 1.82) is 0 Å². The zero-order valence-corrected chi connectivity index (χ0v) is 5.81. The molecule has 0 amide bonds. The predicted octanol–water partition coefficient (Wildman–Crippen LogP) is 0.629. The van der Waals surface area contributed by atoms with Crippen LogP contribution < -0.4 is 5.32 Å². The fourth-order valence-corrected chi connectivity index (χ4v) is 0.320. The standard InChI is InChI=1S/C6H14N2/c1-4-7-5-6-8(2)3/h5-7H,4H2,1-3H3. The van der Waals surface area contributed by atoms with Gasteiger partial charge in [-0.25, -0.2) is 0 Å². The summed E-state index contributed by atoms with van der Waals surface area (Å²) in [6.45, 7) is 3.06. The summed E-state index contributed by atoms with van der Waals surface area (Å²) >= 11 is 0. The van der Waals surface area contributed by atoms with Crippen molar-refractivity contribution in [2.45, 2.75) is 6.92 Å². The Morgan fingerprint density at radius 1 is 1.50 bits per heavy atom. The van der Waals surface area contributed by atoms with Gasteiger partial charge >= 0.3 is 0 Å². The highest BCUT2D eigenvalue weighted by Gasteiger charge is 1.71. The highest BCUT2D eigenvalue weighted by Crippen LogP contribution is 1.71. The molecule has 0 unspecified atom stereocenters. The van der Waals surface area contributed by atoms with Gasteiger partial charge in [0.2, 0.25) is 0 Å². The first-order valence-electron chi connectivity index (χ1n) is 2.84. The minimum absolute atomic E-state index is 0.990. The smallest absolute Gasteiger partial charge is 0.0145 e. The number of nitrogens with one attached hydrogen (secondary N) is 1. The van der Waals surface area contributed by atoms with E-state index in [1.807, 2.05) is 31.4 Å². The Labute approximate surface area is 51.2 Å². The lowest BCUT2D eigenvalue weighted by Gasteiger charge is -2.02. The Balaban J connectivity index is 3.07. The maximum atomic E-state index is 3.06. The van der Waals surface area contributed by atoms with E-state index in [9.17, 15) is 0 Å². The summed E-state index contributed by atoms with van der Waals surface area (Å²) in [6, 6.07) is 0. The molecule has 1 N–H and O–H groups in total. The lowest BCUT2D eigenvalue weighted by molar-refractivity contribution is 0.559. The Morgan fingerprint density at radius 2 is 2.12 bits per heavy atom. The second kappa shape index (κ2) is 4.50. The molecule has 0 radical (unpaired) electrons. The predicted molar refractivity (Wildman–Crippen MR) is 36.5 cm³/mol. The van der Waals surface area contributed by atoms with Gasteiger partial charge in [0, 0.05) is 33.0 Å². The third-order valence-electron chi connectivity index (χ3n) is 0.695. The number of nitrogens with zero attached hydrogens (tertiary/aromatic N) is 1. The number of hydrogen-bond acceptors (Lipinski definition) is 2. The summed E-state index contributed by atoms with van der Waals surface area (Å²) in [5.74, 6) is 0. The largest absolute Gasteiger partial charge is 0.390 e. The molecule has 0 aromatic rings. The van der Waals surface area contributed by atoms with E-state index in [0.29, 0.717) is 0 Å². The average Bonchev–Trinajstić information content (AvgIpc) is 1.66. The van der Waals surface area contributed by atoms with Gasteiger partial charge in [-0.3, -0.25) is 0 Å². The van der Waals surface area contributed by atoms with Gasteiger partial charge in [0.05, 0.1) is 0 Å². The molecule has 0 aliphatic rings. The van der Waals surface area contributed by atoms with E-state index in [-0.39, 0.29) is 0 Å². The van der Waals surface area contributed by atoms with Gasteiger partial charge in [-0.05, 0) is 6.92 Å². The van der Waals surface area contributed by atoms with Crippen molar-refractivity contribution in [3.8, 4) is 0 Å². The van der Waals surface area contributed by atoms with Crippen molar-refractivity contribution in [3.05, 3.63) is 12.4 Å². The molecule has 0 spiro atoms. The van der Waals surface area contributed by atoms with E-state index in [1.54, 1.807) is 0 Å². The van der Waals surface area contributed by atoms with Crippen LogP contribution in [0.15, 0.2) is 12.4 Å². The molecule has 0 aliphatic heterocycles. The second-order valence-corrected chi connectivity index (χ2v) is 1.84. The molecule has 0 aromatic heterocycles. The van der Waals surface area contributed by atoms with Crippen molar-refractivity contribution >= 4 is 0 Å². The maximum Gasteiger partial charge on any atom is 0.0145 e. The average molecular weight is 114 g/mol. The van der Waals surface area contributed by atoms with Gasteiger partial charge in [0.25, 0.3) is 0 Å². The fraction of sp³-hybridized carbons (Fsp3) is 0.667. The molecule has 2 heteroatoms. The number of hydrogen-bond donors (Lipinski definition) is 1. The molecule has 0 rings (SSSR count). The fourth-order valence-electron chi connectivity index (χ4n) is 0.320. The van der Waals surface area contributed by atoms with Crippen LogP contribution in [0.3, 0.4) is 0 Å². The molecule has 0 heterocycles. The maximum absolute atomic E-state index is 3.06. The molecular formula is C6H14N2. The molecular weight excluding hydrogens is 100 g/mol. The normalized spacial score (nSPS) is 9.88. The molecule has 8 heavy (non-hydrogen) atoms. The highest BCUT2D eigenvalue weighted by atomic mass is 15.0. The Morgan fingerprint density at radius 3 is 2.50 bits per heavy atom. The zero-order chi connectivity index (χ0) is 6.41. The van der Waals surface area contributed by atoms with Crippen LogP contribution in [-0.2, 0) is 0 Å². The summed E-state index contributed by atoms with van der Waals surface area (Å²) in [5, 5.41) is 3.06. The van der Waals surface area contributed by atoms with Gasteiger partial charge in [-0.2, -0.15) is 0 Å². The van der Waals surface area contributed by atoms with Crippen LogP contribution >= 0.6 is 0 Å². The minimum atomic E-state index is 0.990. The lowest BCUT2D eigenvalue weighted by atomic mass is 10.7. The first kappa shape index (κ1) is 7.34. The van der Waals surface area contributed by atoms with Crippen molar-refractivity contribution in [3.63, 3.8) is 0 Å². The summed E-state index contributed by atoms with van der Waals surface area (Å²) in [5.41, 5.74) is 0. The van der Waals surface area contributed by atoms with Gasteiger partial charge in [0.15, 0.2) is 0 Å². The third-order valence-corrected chi connectivity index (χ3v) is 0.695. The molecule has 0 fully saturated rings. The van der Waals surface area contributed by atoms with E-state index < -0.39 is 0 Å². The van der Waals surface area contributed by atoms with E-state index in [4.69, 9.17) is 0 Å². The summed E-state index contributed by atoms with van der Waals surface area (Å²) < 4.78 is 0. The van der Waals surface area contributed by atoms with Gasteiger partial charge < -0.3 is 10.2 Å². The lowest BCUT2D eigenvalue weighted by Crippen LogP contribution is -2.07. The Kier molecular flexibility index (Phi) is 4.13. The van der Waals surface area contributed by atoms with E-state index in [1.165, 1.54) is 0 Å². The van der Waals surface area contributed by atoms with Crippen molar-refractivity contribution in [2.75, 3.05) is 20.6 Å². The molecule has 0 saturated carbocycles. The first-order chi connectivity index (χ1) is 3.77. The molecule has 0 bridgehead atoms. The Bertz CT molecular complexity index is 66.9. The molecule has 48 valence electrons. The van der Waals surface area contributed by atoms with Crippen LogP contribution in [0.2, 0.25) is 0 Å². The summed E-state index contributed by atoms with van der Waals surface area (Å²) in [6.07, 6.45) is 3.91. The molecule has 0 aliphatic carbocycles. The molecule has 0 atom stereocenters. The van der Waals surface area contributed by atoms with Crippen LogP contribution in [0.1, 0.15) is 6.92 Å². The topological polar surface area (TPSA) is 15.3 Å².